The monoisotopic (exact) mass is 319 g/mol. The molecule has 18 heavy (non-hydrogen) atoms. The molecule has 0 aliphatic rings. The van der Waals surface area contributed by atoms with Gasteiger partial charge in [-0.05, 0) is 30.7 Å². The molecule has 100 valence electrons. The van der Waals surface area contributed by atoms with E-state index in [4.69, 9.17) is 0 Å². The summed E-state index contributed by atoms with van der Waals surface area (Å²) in [4.78, 5) is 0. The van der Waals surface area contributed by atoms with E-state index in [1.165, 1.54) is 12.1 Å². The Morgan fingerprint density at radius 3 is 2.39 bits per heavy atom. The zero-order valence-corrected chi connectivity index (χ0v) is 12.1. The lowest BCUT2D eigenvalue weighted by Crippen LogP contribution is -2.01. The summed E-state index contributed by atoms with van der Waals surface area (Å²) in [5.74, 6) is -0.454. The lowest BCUT2D eigenvalue weighted by Gasteiger charge is -2.10. The van der Waals surface area contributed by atoms with Gasteiger partial charge in [0.05, 0.1) is 11.4 Å². The average molecular weight is 320 g/mol. The first kappa shape index (κ1) is 16.8. The summed E-state index contributed by atoms with van der Waals surface area (Å²) in [7, 11) is 3.25. The number of hydrogen-bond donors (Lipinski definition) is 1. The van der Waals surface area contributed by atoms with E-state index in [-0.39, 0.29) is 11.4 Å². The summed E-state index contributed by atoms with van der Waals surface area (Å²) in [6, 6.07) is 4.49. The molecule has 1 N–H and O–H groups in total. The van der Waals surface area contributed by atoms with E-state index in [0.29, 0.717) is 16.4 Å². The van der Waals surface area contributed by atoms with Crippen LogP contribution >= 0.6 is 15.9 Å². The maximum Gasteiger partial charge on any atom is 0.147 e. The van der Waals surface area contributed by atoms with Gasteiger partial charge in [-0.15, -0.1) is 0 Å². The third-order valence-electron chi connectivity index (χ3n) is 1.77. The number of methoxy groups -OCH3 is 1. The van der Waals surface area contributed by atoms with E-state index in [1.54, 1.807) is 27.2 Å². The van der Waals surface area contributed by atoms with Gasteiger partial charge in [-0.2, -0.15) is 0 Å². The Labute approximate surface area is 114 Å². The molecule has 0 fully saturated rings. The van der Waals surface area contributed by atoms with Crippen LogP contribution in [0.2, 0.25) is 0 Å². The predicted octanol–water partition coefficient (Wildman–Crippen LogP) is 4.65. The van der Waals surface area contributed by atoms with Gasteiger partial charge in [0, 0.05) is 18.7 Å². The highest BCUT2D eigenvalue weighted by Gasteiger charge is 2.05. The summed E-state index contributed by atoms with van der Waals surface area (Å²) in [6.45, 7) is 5.20. The van der Waals surface area contributed by atoms with Crippen molar-refractivity contribution in [2.75, 3.05) is 19.5 Å². The van der Waals surface area contributed by atoms with Crippen molar-refractivity contribution in [2.45, 2.75) is 6.92 Å². The molecule has 0 aliphatic carbocycles. The molecule has 0 saturated carbocycles. The molecule has 0 spiro atoms. The minimum Gasteiger partial charge on any atom is -0.388 e. The van der Waals surface area contributed by atoms with Crippen molar-refractivity contribution in [1.82, 2.24) is 0 Å². The van der Waals surface area contributed by atoms with Crippen LogP contribution in [0.5, 0.6) is 0 Å². The number of ether oxygens (including phenoxy) is 1. The highest BCUT2D eigenvalue weighted by molar-refractivity contribution is 9.10. The number of rotatable bonds is 3. The zero-order chi connectivity index (χ0) is 14.1. The minimum absolute atomic E-state index is 0.163. The van der Waals surface area contributed by atoms with Crippen LogP contribution in [0.15, 0.2) is 46.9 Å². The number of anilines is 1. The maximum atomic E-state index is 13.3. The number of halogens is 3. The summed E-state index contributed by atoms with van der Waals surface area (Å²) in [5, 5.41) is 2.61. The third kappa shape index (κ3) is 5.93. The highest BCUT2D eigenvalue weighted by atomic mass is 79.9. The first-order chi connectivity index (χ1) is 8.46. The van der Waals surface area contributed by atoms with Crippen LogP contribution in [0.3, 0.4) is 0 Å². The van der Waals surface area contributed by atoms with Crippen molar-refractivity contribution in [3.05, 3.63) is 52.7 Å². The number of nitrogens with one attached hydrogen (secondary N) is 1. The Hall–Kier alpha value is -1.20. The summed E-state index contributed by atoms with van der Waals surface area (Å²) >= 11 is 3.13. The fraction of sp³-hybridized carbons (Fsp3) is 0.231. The number of benzene rings is 1. The van der Waals surface area contributed by atoms with Gasteiger partial charge in [-0.1, -0.05) is 22.5 Å². The summed E-state index contributed by atoms with van der Waals surface area (Å²) in [5.41, 5.74) is 0.876. The molecule has 0 aliphatic heterocycles. The molecular weight excluding hydrogens is 304 g/mol. The van der Waals surface area contributed by atoms with Crippen LogP contribution in [0.25, 0.3) is 0 Å². The number of allylic oxidation sites excluding steroid dienone is 1. The summed E-state index contributed by atoms with van der Waals surface area (Å²) in [6.07, 6.45) is 0.365. The van der Waals surface area contributed by atoms with Crippen molar-refractivity contribution in [2.24, 2.45) is 0 Å². The van der Waals surface area contributed by atoms with Gasteiger partial charge in [-0.3, -0.25) is 0 Å². The fourth-order valence-electron chi connectivity index (χ4n) is 0.963. The van der Waals surface area contributed by atoms with Gasteiger partial charge in [0.1, 0.15) is 12.1 Å². The fourth-order valence-corrected chi connectivity index (χ4v) is 1.30. The van der Waals surface area contributed by atoms with Crippen molar-refractivity contribution in [1.29, 1.82) is 0 Å². The largest absolute Gasteiger partial charge is 0.388 e. The van der Waals surface area contributed by atoms with Crippen molar-refractivity contribution < 1.29 is 13.5 Å². The molecule has 0 amide bonds. The lowest BCUT2D eigenvalue weighted by atomic mass is 10.2. The van der Waals surface area contributed by atoms with Gasteiger partial charge in [0.25, 0.3) is 0 Å². The normalized spacial score (nSPS) is 10.4. The van der Waals surface area contributed by atoms with E-state index < -0.39 is 5.82 Å². The molecule has 0 atom stereocenters. The molecule has 0 radical (unpaired) electrons. The molecule has 1 rings (SSSR count). The van der Waals surface area contributed by atoms with Crippen LogP contribution in [0, 0.1) is 5.82 Å². The standard InChI is InChI=1S/C11H10BrF2N.C2H6O/c1-7(2)11(6-13)15-10-4-3-8(12)5-9(10)14;1-3-2/h3-6,15H,1H2,2H3;1-2H3/b11-6-;. The molecular formula is C13H16BrF2NO. The van der Waals surface area contributed by atoms with Gasteiger partial charge < -0.3 is 10.1 Å². The smallest absolute Gasteiger partial charge is 0.147 e. The molecule has 2 nitrogen and oxygen atoms in total. The molecule has 0 saturated heterocycles. The maximum absolute atomic E-state index is 13.3. The van der Waals surface area contributed by atoms with Crippen molar-refractivity contribution >= 4 is 21.6 Å². The van der Waals surface area contributed by atoms with E-state index in [2.05, 4.69) is 32.6 Å². The molecule has 0 aromatic heterocycles. The van der Waals surface area contributed by atoms with Crippen LogP contribution < -0.4 is 5.32 Å². The lowest BCUT2D eigenvalue weighted by molar-refractivity contribution is 0.277. The molecule has 0 unspecified atom stereocenters. The Morgan fingerprint density at radius 2 is 2.00 bits per heavy atom. The zero-order valence-electron chi connectivity index (χ0n) is 10.6. The van der Waals surface area contributed by atoms with Gasteiger partial charge in [0.15, 0.2) is 0 Å². The van der Waals surface area contributed by atoms with Crippen molar-refractivity contribution in [3.63, 3.8) is 0 Å². The van der Waals surface area contributed by atoms with Crippen LogP contribution in [-0.2, 0) is 4.74 Å². The van der Waals surface area contributed by atoms with E-state index in [1.807, 2.05) is 0 Å². The van der Waals surface area contributed by atoms with E-state index in [0.717, 1.165) is 0 Å². The quantitative estimate of drug-likeness (QED) is 0.819. The van der Waals surface area contributed by atoms with Gasteiger partial charge >= 0.3 is 0 Å². The molecule has 0 bridgehead atoms. The molecule has 1 aromatic rings. The Kier molecular flexibility index (Phi) is 8.24. The van der Waals surface area contributed by atoms with Crippen LogP contribution in [0.1, 0.15) is 6.92 Å². The van der Waals surface area contributed by atoms with E-state index >= 15 is 0 Å². The Bertz CT molecular complexity index is 433. The second-order valence-electron chi connectivity index (χ2n) is 3.46. The summed E-state index contributed by atoms with van der Waals surface area (Å²) < 4.78 is 30.6. The van der Waals surface area contributed by atoms with Crippen molar-refractivity contribution in [3.8, 4) is 0 Å². The minimum atomic E-state index is -0.454. The van der Waals surface area contributed by atoms with Crippen LogP contribution in [0.4, 0.5) is 14.5 Å². The Balaban J connectivity index is 0.000000873. The number of hydrogen-bond acceptors (Lipinski definition) is 2. The molecule has 1 aromatic carbocycles. The first-order valence-electron chi connectivity index (χ1n) is 5.04. The second kappa shape index (κ2) is 8.83. The second-order valence-corrected chi connectivity index (χ2v) is 4.38. The van der Waals surface area contributed by atoms with E-state index in [9.17, 15) is 8.78 Å². The van der Waals surface area contributed by atoms with Crippen LogP contribution in [-0.4, -0.2) is 14.2 Å². The third-order valence-corrected chi connectivity index (χ3v) is 2.26. The van der Waals surface area contributed by atoms with Gasteiger partial charge in [-0.25, -0.2) is 8.78 Å². The highest BCUT2D eigenvalue weighted by Crippen LogP contribution is 2.22. The van der Waals surface area contributed by atoms with Gasteiger partial charge in [0.2, 0.25) is 0 Å². The SMILES string of the molecule is C=C(C)/C(=C/F)Nc1ccc(Br)cc1F.COC. The first-order valence-corrected chi connectivity index (χ1v) is 5.84. The predicted molar refractivity (Wildman–Crippen MR) is 74.7 cm³/mol. The Morgan fingerprint density at radius 1 is 1.44 bits per heavy atom. The molecule has 0 heterocycles. The average Bonchev–Trinajstić information content (AvgIpc) is 2.28. The molecule has 5 heteroatoms. The topological polar surface area (TPSA) is 21.3 Å².